The first-order valence-electron chi connectivity index (χ1n) is 8.99. The van der Waals surface area contributed by atoms with Crippen LogP contribution in [0.15, 0.2) is 48.5 Å². The molecule has 0 radical (unpaired) electrons. The van der Waals surface area contributed by atoms with E-state index in [1.54, 1.807) is 21.1 Å². The minimum Gasteiger partial charge on any atom is -0.493 e. The van der Waals surface area contributed by atoms with Crippen LogP contribution in [0.3, 0.4) is 0 Å². The number of ether oxygens (including phenoxy) is 3. The van der Waals surface area contributed by atoms with Crippen LogP contribution in [0.4, 0.5) is 4.79 Å². The van der Waals surface area contributed by atoms with Gasteiger partial charge in [-0.25, -0.2) is 4.79 Å². The molecule has 2 aromatic carbocycles. The SMILES string of the molecule is COc1ccc(CCNC(=O)[C@H](C)NC(=O)OCc2ccccc2)cc1OC. The summed E-state index contributed by atoms with van der Waals surface area (Å²) in [5, 5.41) is 5.32. The topological polar surface area (TPSA) is 85.9 Å². The number of carbonyl (C=O) groups excluding carboxylic acids is 2. The normalized spacial score (nSPS) is 11.2. The highest BCUT2D eigenvalue weighted by Crippen LogP contribution is 2.27. The van der Waals surface area contributed by atoms with Gasteiger partial charge < -0.3 is 24.8 Å². The van der Waals surface area contributed by atoms with Crippen LogP contribution in [-0.4, -0.2) is 38.8 Å². The molecule has 2 N–H and O–H groups in total. The quantitative estimate of drug-likeness (QED) is 0.692. The van der Waals surface area contributed by atoms with Gasteiger partial charge in [-0.3, -0.25) is 4.79 Å². The third kappa shape index (κ3) is 6.50. The van der Waals surface area contributed by atoms with E-state index in [1.807, 2.05) is 48.5 Å². The van der Waals surface area contributed by atoms with E-state index in [1.165, 1.54) is 0 Å². The molecule has 0 heterocycles. The summed E-state index contributed by atoms with van der Waals surface area (Å²) in [7, 11) is 3.16. The Bertz CT molecular complexity index is 780. The summed E-state index contributed by atoms with van der Waals surface area (Å²) in [6.07, 6.45) is -0.0107. The first-order chi connectivity index (χ1) is 13.5. The van der Waals surface area contributed by atoms with Gasteiger partial charge in [0.1, 0.15) is 12.6 Å². The molecule has 0 bridgehead atoms. The highest BCUT2D eigenvalue weighted by molar-refractivity contribution is 5.85. The molecule has 7 nitrogen and oxygen atoms in total. The van der Waals surface area contributed by atoms with Crippen LogP contribution in [0.25, 0.3) is 0 Å². The summed E-state index contributed by atoms with van der Waals surface area (Å²) < 4.78 is 15.6. The minimum atomic E-state index is -0.700. The Morgan fingerprint density at radius 1 is 0.964 bits per heavy atom. The lowest BCUT2D eigenvalue weighted by atomic mass is 10.1. The zero-order valence-corrected chi connectivity index (χ0v) is 16.4. The van der Waals surface area contributed by atoms with Crippen molar-refractivity contribution in [1.82, 2.24) is 10.6 Å². The van der Waals surface area contributed by atoms with Crippen LogP contribution in [0.5, 0.6) is 11.5 Å². The van der Waals surface area contributed by atoms with Gasteiger partial charge in [-0.15, -0.1) is 0 Å². The Morgan fingerprint density at radius 3 is 2.36 bits per heavy atom. The molecule has 7 heteroatoms. The van der Waals surface area contributed by atoms with Gasteiger partial charge in [0.15, 0.2) is 11.5 Å². The first-order valence-corrected chi connectivity index (χ1v) is 8.99. The molecule has 0 aliphatic carbocycles. The van der Waals surface area contributed by atoms with Crippen LogP contribution in [0.2, 0.25) is 0 Å². The number of hydrogen-bond acceptors (Lipinski definition) is 5. The van der Waals surface area contributed by atoms with Crippen molar-refractivity contribution < 1.29 is 23.8 Å². The van der Waals surface area contributed by atoms with Crippen LogP contribution in [-0.2, 0) is 22.6 Å². The van der Waals surface area contributed by atoms with E-state index in [0.717, 1.165) is 11.1 Å². The molecule has 0 saturated carbocycles. The smallest absolute Gasteiger partial charge is 0.408 e. The largest absolute Gasteiger partial charge is 0.493 e. The van der Waals surface area contributed by atoms with E-state index >= 15 is 0 Å². The predicted molar refractivity (Wildman–Crippen MR) is 105 cm³/mol. The number of methoxy groups -OCH3 is 2. The van der Waals surface area contributed by atoms with E-state index in [9.17, 15) is 9.59 Å². The molecule has 0 spiro atoms. The molecule has 0 saturated heterocycles. The number of hydrogen-bond donors (Lipinski definition) is 2. The monoisotopic (exact) mass is 386 g/mol. The Kier molecular flexibility index (Phi) is 8.14. The van der Waals surface area contributed by atoms with Crippen molar-refractivity contribution in [3.8, 4) is 11.5 Å². The molecule has 0 fully saturated rings. The van der Waals surface area contributed by atoms with E-state index in [-0.39, 0.29) is 12.5 Å². The number of benzene rings is 2. The second-order valence-corrected chi connectivity index (χ2v) is 6.16. The lowest BCUT2D eigenvalue weighted by molar-refractivity contribution is -0.122. The molecule has 0 unspecified atom stereocenters. The molecule has 1 atom stereocenters. The average molecular weight is 386 g/mol. The highest BCUT2D eigenvalue weighted by Gasteiger charge is 2.16. The molecule has 2 aromatic rings. The van der Waals surface area contributed by atoms with Crippen molar-refractivity contribution in [2.75, 3.05) is 20.8 Å². The van der Waals surface area contributed by atoms with Gasteiger partial charge in [0.25, 0.3) is 0 Å². The fourth-order valence-corrected chi connectivity index (χ4v) is 2.53. The molecule has 28 heavy (non-hydrogen) atoms. The van der Waals surface area contributed by atoms with Crippen LogP contribution >= 0.6 is 0 Å². The van der Waals surface area contributed by atoms with Crippen molar-refractivity contribution in [2.24, 2.45) is 0 Å². The van der Waals surface area contributed by atoms with Gasteiger partial charge in [-0.05, 0) is 36.6 Å². The third-order valence-electron chi connectivity index (χ3n) is 4.10. The van der Waals surface area contributed by atoms with Crippen molar-refractivity contribution in [3.63, 3.8) is 0 Å². The van der Waals surface area contributed by atoms with Gasteiger partial charge in [0.2, 0.25) is 5.91 Å². The molecule has 2 amide bonds. The second kappa shape index (κ2) is 10.8. The summed E-state index contributed by atoms with van der Waals surface area (Å²) in [5.41, 5.74) is 1.88. The lowest BCUT2D eigenvalue weighted by Crippen LogP contribution is -2.45. The molecule has 2 rings (SSSR count). The molecule has 0 aromatic heterocycles. The summed E-state index contributed by atoms with van der Waals surface area (Å²) in [6, 6.07) is 14.2. The summed E-state index contributed by atoms with van der Waals surface area (Å²) >= 11 is 0. The Labute approximate surface area is 165 Å². The molecule has 0 aliphatic heterocycles. The van der Waals surface area contributed by atoms with Crippen molar-refractivity contribution >= 4 is 12.0 Å². The first kappa shape index (κ1) is 21.1. The average Bonchev–Trinajstić information content (AvgIpc) is 2.72. The zero-order valence-electron chi connectivity index (χ0n) is 16.4. The standard InChI is InChI=1S/C21H26N2O5/c1-15(23-21(25)28-14-17-7-5-4-6-8-17)20(24)22-12-11-16-9-10-18(26-2)19(13-16)27-3/h4-10,13,15H,11-12,14H2,1-3H3,(H,22,24)(H,23,25)/t15-/m0/s1. The summed E-state index contributed by atoms with van der Waals surface area (Å²) in [5.74, 6) is 1.02. The maximum absolute atomic E-state index is 12.1. The van der Waals surface area contributed by atoms with E-state index < -0.39 is 12.1 Å². The van der Waals surface area contributed by atoms with Crippen molar-refractivity contribution in [3.05, 3.63) is 59.7 Å². The number of rotatable bonds is 9. The third-order valence-corrected chi connectivity index (χ3v) is 4.10. The number of carbonyl (C=O) groups is 2. The Balaban J connectivity index is 1.72. The molecule has 0 aliphatic rings. The van der Waals surface area contributed by atoms with E-state index in [0.29, 0.717) is 24.5 Å². The Morgan fingerprint density at radius 2 is 1.68 bits per heavy atom. The maximum Gasteiger partial charge on any atom is 0.408 e. The van der Waals surface area contributed by atoms with Gasteiger partial charge >= 0.3 is 6.09 Å². The van der Waals surface area contributed by atoms with Crippen molar-refractivity contribution in [1.29, 1.82) is 0 Å². The molecular formula is C21H26N2O5. The van der Waals surface area contributed by atoms with Crippen molar-refractivity contribution in [2.45, 2.75) is 26.0 Å². The van der Waals surface area contributed by atoms with E-state index in [2.05, 4.69) is 10.6 Å². The lowest BCUT2D eigenvalue weighted by Gasteiger charge is -2.14. The number of alkyl carbamates (subject to hydrolysis) is 1. The molecular weight excluding hydrogens is 360 g/mol. The fraction of sp³-hybridized carbons (Fsp3) is 0.333. The summed E-state index contributed by atoms with van der Waals surface area (Å²) in [4.78, 5) is 24.0. The Hall–Kier alpha value is -3.22. The van der Waals surface area contributed by atoms with Crippen LogP contribution in [0.1, 0.15) is 18.1 Å². The predicted octanol–water partition coefficient (Wildman–Crippen LogP) is 2.68. The summed E-state index contributed by atoms with van der Waals surface area (Å²) in [6.45, 7) is 2.19. The van der Waals surface area contributed by atoms with Gasteiger partial charge in [-0.1, -0.05) is 36.4 Å². The van der Waals surface area contributed by atoms with Gasteiger partial charge in [0.05, 0.1) is 14.2 Å². The zero-order chi connectivity index (χ0) is 20.4. The number of amides is 2. The number of nitrogens with one attached hydrogen (secondary N) is 2. The van der Waals surface area contributed by atoms with Gasteiger partial charge in [-0.2, -0.15) is 0 Å². The van der Waals surface area contributed by atoms with Gasteiger partial charge in [0, 0.05) is 6.54 Å². The maximum atomic E-state index is 12.1. The highest BCUT2D eigenvalue weighted by atomic mass is 16.5. The van der Waals surface area contributed by atoms with E-state index in [4.69, 9.17) is 14.2 Å². The molecule has 150 valence electrons. The van der Waals surface area contributed by atoms with Crippen LogP contribution in [0, 0.1) is 0 Å². The van der Waals surface area contributed by atoms with Crippen LogP contribution < -0.4 is 20.1 Å². The fourth-order valence-electron chi connectivity index (χ4n) is 2.53. The second-order valence-electron chi connectivity index (χ2n) is 6.16. The minimum absolute atomic E-state index is 0.153.